The fourth-order valence-electron chi connectivity index (χ4n) is 1.48. The van der Waals surface area contributed by atoms with Gasteiger partial charge in [0.15, 0.2) is 0 Å². The molecule has 0 radical (unpaired) electrons. The summed E-state index contributed by atoms with van der Waals surface area (Å²) in [6.07, 6.45) is -0.100. The van der Waals surface area contributed by atoms with Crippen molar-refractivity contribution >= 4 is 5.97 Å². The zero-order valence-electron chi connectivity index (χ0n) is 10.9. The zero-order valence-corrected chi connectivity index (χ0v) is 10.9. The van der Waals surface area contributed by atoms with Gasteiger partial charge >= 0.3 is 5.97 Å². The highest BCUT2D eigenvalue weighted by molar-refractivity contribution is 5.71. The first-order valence-corrected chi connectivity index (χ1v) is 5.50. The van der Waals surface area contributed by atoms with Crippen LogP contribution in [0.3, 0.4) is 0 Å². The molecule has 0 aliphatic heterocycles. The fraction of sp³-hybridized carbons (Fsp3) is 0.909. The number of hydrogen-bond acceptors (Lipinski definition) is 5. The van der Waals surface area contributed by atoms with E-state index >= 15 is 0 Å². The van der Waals surface area contributed by atoms with Crippen LogP contribution in [0.1, 0.15) is 20.8 Å². The Bertz CT molecular complexity index is 215. The number of ether oxygens (including phenoxy) is 1. The van der Waals surface area contributed by atoms with Crippen LogP contribution in [-0.4, -0.2) is 61.4 Å². The molecule has 0 spiro atoms. The van der Waals surface area contributed by atoms with Crippen molar-refractivity contribution in [3.05, 3.63) is 0 Å². The SMILES string of the molecule is CC(C)OC(=O)CNCC(C)(O)CN(C)C. The van der Waals surface area contributed by atoms with Gasteiger partial charge in [0.25, 0.3) is 0 Å². The van der Waals surface area contributed by atoms with Crippen molar-refractivity contribution in [2.24, 2.45) is 0 Å². The summed E-state index contributed by atoms with van der Waals surface area (Å²) in [5.41, 5.74) is -0.846. The van der Waals surface area contributed by atoms with Crippen molar-refractivity contribution in [1.29, 1.82) is 0 Å². The maximum absolute atomic E-state index is 11.2. The number of carbonyl (C=O) groups is 1. The third-order valence-electron chi connectivity index (χ3n) is 1.80. The number of aliphatic hydroxyl groups is 1. The molecule has 0 aromatic rings. The molecule has 0 amide bonds. The number of nitrogens with one attached hydrogen (secondary N) is 1. The molecule has 0 aromatic heterocycles. The maximum atomic E-state index is 11.2. The molecule has 0 saturated heterocycles. The van der Waals surface area contributed by atoms with Gasteiger partial charge < -0.3 is 20.1 Å². The van der Waals surface area contributed by atoms with Crippen molar-refractivity contribution in [3.8, 4) is 0 Å². The van der Waals surface area contributed by atoms with Gasteiger partial charge in [-0.3, -0.25) is 4.79 Å². The summed E-state index contributed by atoms with van der Waals surface area (Å²) in [6, 6.07) is 0. The minimum absolute atomic E-state index is 0.100. The van der Waals surface area contributed by atoms with E-state index in [2.05, 4.69) is 5.32 Å². The predicted octanol–water partition coefficient (Wildman–Crippen LogP) is -0.160. The van der Waals surface area contributed by atoms with Gasteiger partial charge in [0.05, 0.1) is 18.2 Å². The number of rotatable bonds is 7. The van der Waals surface area contributed by atoms with Crippen LogP contribution < -0.4 is 5.32 Å². The Labute approximate surface area is 97.8 Å². The first-order chi connectivity index (χ1) is 7.23. The van der Waals surface area contributed by atoms with E-state index < -0.39 is 5.60 Å². The Morgan fingerprint density at radius 3 is 2.50 bits per heavy atom. The molecule has 1 unspecified atom stereocenters. The van der Waals surface area contributed by atoms with E-state index in [1.165, 1.54) is 0 Å². The highest BCUT2D eigenvalue weighted by Crippen LogP contribution is 2.02. The molecule has 5 heteroatoms. The molecule has 5 nitrogen and oxygen atoms in total. The molecule has 0 aliphatic carbocycles. The topological polar surface area (TPSA) is 61.8 Å². The average Bonchev–Trinajstić information content (AvgIpc) is 1.98. The standard InChI is InChI=1S/C11H24N2O3/c1-9(2)16-10(14)6-12-7-11(3,15)8-13(4)5/h9,12,15H,6-8H2,1-5H3. The van der Waals surface area contributed by atoms with E-state index in [-0.39, 0.29) is 18.6 Å². The lowest BCUT2D eigenvalue weighted by atomic mass is 10.1. The van der Waals surface area contributed by atoms with Gasteiger partial charge in [0.2, 0.25) is 0 Å². The van der Waals surface area contributed by atoms with Gasteiger partial charge in [0.1, 0.15) is 0 Å². The average molecular weight is 232 g/mol. The lowest BCUT2D eigenvalue weighted by Crippen LogP contribution is -2.46. The third-order valence-corrected chi connectivity index (χ3v) is 1.80. The lowest BCUT2D eigenvalue weighted by Gasteiger charge is -2.27. The number of nitrogens with zero attached hydrogens (tertiary/aromatic N) is 1. The minimum atomic E-state index is -0.846. The highest BCUT2D eigenvalue weighted by atomic mass is 16.5. The second kappa shape index (κ2) is 6.83. The molecule has 16 heavy (non-hydrogen) atoms. The van der Waals surface area contributed by atoms with Crippen LogP contribution in [0.15, 0.2) is 0 Å². The monoisotopic (exact) mass is 232 g/mol. The van der Waals surface area contributed by atoms with Gasteiger partial charge in [-0.15, -0.1) is 0 Å². The molecule has 2 N–H and O–H groups in total. The summed E-state index contributed by atoms with van der Waals surface area (Å²) >= 11 is 0. The van der Waals surface area contributed by atoms with Gasteiger partial charge in [-0.1, -0.05) is 0 Å². The summed E-state index contributed by atoms with van der Waals surface area (Å²) in [5, 5.41) is 12.8. The van der Waals surface area contributed by atoms with Crippen LogP contribution in [0.25, 0.3) is 0 Å². The molecule has 0 heterocycles. The molecular formula is C11H24N2O3. The second-order valence-electron chi connectivity index (χ2n) is 4.88. The van der Waals surface area contributed by atoms with Gasteiger partial charge in [-0.25, -0.2) is 0 Å². The van der Waals surface area contributed by atoms with Crippen LogP contribution in [0.4, 0.5) is 0 Å². The molecule has 0 aromatic carbocycles. The summed E-state index contributed by atoms with van der Waals surface area (Å²) in [6.45, 7) is 6.37. The number of likely N-dealkylation sites (N-methyl/N-ethyl adjacent to an activating group) is 1. The number of hydrogen-bond donors (Lipinski definition) is 2. The van der Waals surface area contributed by atoms with Gasteiger partial charge in [-0.2, -0.15) is 0 Å². The largest absolute Gasteiger partial charge is 0.462 e. The Balaban J connectivity index is 3.76. The molecule has 0 rings (SSSR count). The van der Waals surface area contributed by atoms with Crippen molar-refractivity contribution in [2.75, 3.05) is 33.7 Å². The first kappa shape index (κ1) is 15.3. The van der Waals surface area contributed by atoms with E-state index in [1.807, 2.05) is 19.0 Å². The molecule has 0 aliphatic rings. The molecular weight excluding hydrogens is 208 g/mol. The number of carbonyl (C=O) groups excluding carboxylic acids is 1. The Kier molecular flexibility index (Phi) is 6.55. The van der Waals surface area contributed by atoms with Crippen LogP contribution in [0.5, 0.6) is 0 Å². The molecule has 0 saturated carbocycles. The van der Waals surface area contributed by atoms with E-state index in [0.29, 0.717) is 13.1 Å². The Hall–Kier alpha value is -0.650. The Morgan fingerprint density at radius 2 is 2.06 bits per heavy atom. The minimum Gasteiger partial charge on any atom is -0.462 e. The normalized spacial score (nSPS) is 15.2. The summed E-state index contributed by atoms with van der Waals surface area (Å²) in [4.78, 5) is 13.1. The van der Waals surface area contributed by atoms with E-state index in [0.717, 1.165) is 0 Å². The van der Waals surface area contributed by atoms with Crippen molar-refractivity contribution in [1.82, 2.24) is 10.2 Å². The van der Waals surface area contributed by atoms with Crippen molar-refractivity contribution < 1.29 is 14.6 Å². The second-order valence-corrected chi connectivity index (χ2v) is 4.88. The fourth-order valence-corrected chi connectivity index (χ4v) is 1.48. The van der Waals surface area contributed by atoms with Gasteiger partial charge in [-0.05, 0) is 34.9 Å². The van der Waals surface area contributed by atoms with Crippen molar-refractivity contribution in [2.45, 2.75) is 32.5 Å². The zero-order chi connectivity index (χ0) is 12.8. The van der Waals surface area contributed by atoms with Crippen LogP contribution in [-0.2, 0) is 9.53 Å². The van der Waals surface area contributed by atoms with Crippen LogP contribution in [0.2, 0.25) is 0 Å². The van der Waals surface area contributed by atoms with E-state index in [1.54, 1.807) is 20.8 Å². The molecule has 0 bridgehead atoms. The van der Waals surface area contributed by atoms with Crippen molar-refractivity contribution in [3.63, 3.8) is 0 Å². The highest BCUT2D eigenvalue weighted by Gasteiger charge is 2.21. The third kappa shape index (κ3) is 8.64. The molecule has 96 valence electrons. The van der Waals surface area contributed by atoms with Gasteiger partial charge in [0, 0.05) is 13.1 Å². The van der Waals surface area contributed by atoms with Crippen LogP contribution in [0, 0.1) is 0 Å². The van der Waals surface area contributed by atoms with E-state index in [4.69, 9.17) is 4.74 Å². The molecule has 1 atom stereocenters. The maximum Gasteiger partial charge on any atom is 0.320 e. The first-order valence-electron chi connectivity index (χ1n) is 5.50. The smallest absolute Gasteiger partial charge is 0.320 e. The quantitative estimate of drug-likeness (QED) is 0.597. The van der Waals surface area contributed by atoms with Crippen LogP contribution >= 0.6 is 0 Å². The predicted molar refractivity (Wildman–Crippen MR) is 63.3 cm³/mol. The summed E-state index contributed by atoms with van der Waals surface area (Å²) in [7, 11) is 3.78. The summed E-state index contributed by atoms with van der Waals surface area (Å²) in [5.74, 6) is -0.296. The molecule has 0 fully saturated rings. The lowest BCUT2D eigenvalue weighted by molar-refractivity contribution is -0.146. The Morgan fingerprint density at radius 1 is 1.50 bits per heavy atom. The summed E-state index contributed by atoms with van der Waals surface area (Å²) < 4.78 is 4.95. The number of esters is 1. The van der Waals surface area contributed by atoms with E-state index in [9.17, 15) is 9.90 Å².